The van der Waals surface area contributed by atoms with Gasteiger partial charge in [-0.1, -0.05) is 341 Å². The molecule has 0 bridgehead atoms. The summed E-state index contributed by atoms with van der Waals surface area (Å²) in [7, 11) is 18.9. The highest BCUT2D eigenvalue weighted by molar-refractivity contribution is 6.99. The second-order valence-electron chi connectivity index (χ2n) is 38.8. The maximum Gasteiger partial charge on any atom is 0.247 e. The molecule has 18 aromatic carbocycles. The Morgan fingerprint density at radius 2 is 0.692 bits per heavy atom. The van der Waals surface area contributed by atoms with E-state index >= 15 is 0 Å². The number of hydrogen-bond acceptors (Lipinski definition) is 2. The van der Waals surface area contributed by atoms with Crippen molar-refractivity contribution in [2.24, 2.45) is 0 Å². The molecule has 0 fully saturated rings. The van der Waals surface area contributed by atoms with Crippen LogP contribution in [0.3, 0.4) is 0 Å². The van der Waals surface area contributed by atoms with Gasteiger partial charge in [-0.05, 0) is 235 Å². The normalized spacial score (nSPS) is 13.1. The summed E-state index contributed by atoms with van der Waals surface area (Å²) in [4.78, 5) is 2.76. The molecule has 0 amide bonds. The maximum atomic E-state index is 6.66. The predicted molar refractivity (Wildman–Crippen MR) is 582 cm³/mol. The third kappa shape index (κ3) is 12.8. The van der Waals surface area contributed by atoms with Gasteiger partial charge >= 0.3 is 0 Å². The van der Waals surface area contributed by atoms with E-state index in [0.717, 1.165) is 134 Å². The van der Waals surface area contributed by atoms with Gasteiger partial charge in [-0.15, -0.1) is 10.9 Å². The van der Waals surface area contributed by atoms with Crippen molar-refractivity contribution in [2.45, 2.75) is 58.3 Å². The third-order valence-corrected chi connectivity index (χ3v) is 29.6. The summed E-state index contributed by atoms with van der Waals surface area (Å²) in [5, 5.41) is 7.25. The molecule has 4 nitrogen and oxygen atoms in total. The lowest BCUT2D eigenvalue weighted by atomic mass is 9.31. The SMILES string of the molecule is Bc1c(B)c(B)c2c(c1B)c1c(B)c(B)c(B)c(B)c1n2-c1ccc2c(c1)C(c1c(-c3ccccc3)cc(-c3ccc(C(C)(C)C)cc3)cc1-c1ccccc1)c1cc(-c3ccc4c(c3)c3ccccc3n4-c3ccccc3)cc3c1B2c1ccc(-c2ccc4oc5ccccc5c4c2)cc1N3c1c(-c2ccccc2)cc(-c2ccc(C(C)(C)C)cc2)cc1-c1ccccc1. The highest BCUT2D eigenvalue weighted by atomic mass is 16.3. The summed E-state index contributed by atoms with van der Waals surface area (Å²) in [6, 6.07) is 137. The first-order chi connectivity index (χ1) is 63.1. The molecule has 21 aromatic rings. The minimum Gasteiger partial charge on any atom is -0.456 e. The van der Waals surface area contributed by atoms with Crippen molar-refractivity contribution in [3.63, 3.8) is 0 Å². The van der Waals surface area contributed by atoms with Crippen molar-refractivity contribution in [3.05, 3.63) is 386 Å². The Bertz CT molecular complexity index is 8060. The van der Waals surface area contributed by atoms with Crippen LogP contribution in [0.4, 0.5) is 17.1 Å². The van der Waals surface area contributed by atoms with Crippen LogP contribution in [0.25, 0.3) is 166 Å². The van der Waals surface area contributed by atoms with Gasteiger partial charge in [0.05, 0.1) is 16.7 Å². The molecule has 2 aliphatic rings. The van der Waals surface area contributed by atoms with Gasteiger partial charge in [0, 0.05) is 72.4 Å². The molecule has 0 saturated heterocycles. The van der Waals surface area contributed by atoms with Crippen LogP contribution in [0.2, 0.25) is 0 Å². The number of nitrogens with zero attached hydrogens (tertiary/aromatic N) is 3. The fraction of sp³-hybridized carbons (Fsp3) is 0.0769. The molecule has 3 aromatic heterocycles. The van der Waals surface area contributed by atoms with Crippen molar-refractivity contribution in [3.8, 4) is 100 Å². The van der Waals surface area contributed by atoms with Crippen molar-refractivity contribution >= 4 is 212 Å². The lowest BCUT2D eigenvalue weighted by molar-refractivity contribution is 0.590. The van der Waals surface area contributed by atoms with Gasteiger partial charge in [0.1, 0.15) is 73.9 Å². The first-order valence-electron chi connectivity index (χ1n) is 46.2. The van der Waals surface area contributed by atoms with Gasteiger partial charge in [-0.3, -0.25) is 0 Å². The molecule has 0 radical (unpaired) electrons. The molecular weight excluding hydrogens is 1560 g/mol. The number of hydrogen-bond donors (Lipinski definition) is 0. The zero-order valence-electron chi connectivity index (χ0n) is 76.5. The lowest BCUT2D eigenvalue weighted by Gasteiger charge is -2.45. The smallest absolute Gasteiger partial charge is 0.247 e. The highest BCUT2D eigenvalue weighted by Crippen LogP contribution is 2.55. The Balaban J connectivity index is 0.916. The Hall–Kier alpha value is -14.3. The zero-order valence-corrected chi connectivity index (χ0v) is 76.5. The standard InChI is InChI=1S/C117H94B9N3O/c1-116(2,3)78-47-40-66(41-48-78)75-58-84(68-26-12-7-13-27-68)100(85(59-75)69-28-14-8-15-29-69)101-90-65-81(128-114-102(104(118)106(120)108(122)110(114)124)103-105(119)107(121)109(123)111(125)115(103)128)51-53-92(90)126-93-52-44-74(72-46-55-99-89(57-72)83-37-23-25-39-98(83)130-99)63-96(93)129(97-64-77(62-91(101)112(97)126)73-45-54-95-88(56-73)82-36-22-24-38-94(82)127(95)80-34-20-11-21-35-80)113-86(70-30-16-9-17-31-70)60-76(61-87(113)71-32-18-10-19-33-71)67-42-49-79(50-43-67)117(4,5)6/h7-65,101H,118-125H2,1-6H3. The monoisotopic (exact) mass is 1660 g/mol. The average Bonchev–Trinajstić information content (AvgIpc) is 0.898. The van der Waals surface area contributed by atoms with Crippen LogP contribution in [-0.4, -0.2) is 78.6 Å². The van der Waals surface area contributed by atoms with Crippen LogP contribution < -0.4 is 65.0 Å². The first kappa shape index (κ1) is 80.3. The minimum atomic E-state index is -0.433. The Morgan fingerprint density at radius 1 is 0.277 bits per heavy atom. The highest BCUT2D eigenvalue weighted by Gasteiger charge is 2.47. The lowest BCUT2D eigenvalue weighted by Crippen LogP contribution is -2.62. The summed E-state index contributed by atoms with van der Waals surface area (Å²) >= 11 is 0. The molecule has 5 heterocycles. The topological polar surface area (TPSA) is 26.2 Å². The van der Waals surface area contributed by atoms with E-state index in [9.17, 15) is 0 Å². The van der Waals surface area contributed by atoms with Gasteiger partial charge in [0.2, 0.25) is 6.71 Å². The third-order valence-electron chi connectivity index (χ3n) is 29.6. The van der Waals surface area contributed by atoms with E-state index in [1.807, 2.05) is 0 Å². The number of aromatic nitrogens is 2. The summed E-state index contributed by atoms with van der Waals surface area (Å²) in [5.41, 5.74) is 51.1. The second-order valence-corrected chi connectivity index (χ2v) is 38.8. The molecule has 1 unspecified atom stereocenters. The molecule has 0 saturated carbocycles. The molecule has 1 atom stereocenters. The van der Waals surface area contributed by atoms with E-state index in [1.165, 1.54) is 137 Å². The number of anilines is 3. The zero-order chi connectivity index (χ0) is 88.6. The van der Waals surface area contributed by atoms with E-state index < -0.39 is 5.92 Å². The first-order valence-corrected chi connectivity index (χ1v) is 46.2. The van der Waals surface area contributed by atoms with Crippen LogP contribution in [0, 0.1) is 0 Å². The number of furan rings is 1. The summed E-state index contributed by atoms with van der Waals surface area (Å²) in [6.07, 6.45) is 0. The number of para-hydroxylation sites is 3. The van der Waals surface area contributed by atoms with E-state index in [2.05, 4.69) is 476 Å². The van der Waals surface area contributed by atoms with E-state index in [1.54, 1.807) is 0 Å². The average molecular weight is 1660 g/mol. The van der Waals surface area contributed by atoms with Crippen molar-refractivity contribution in [1.82, 2.24) is 9.13 Å². The molecule has 2 aliphatic heterocycles. The van der Waals surface area contributed by atoms with Crippen LogP contribution in [0.1, 0.15) is 75.3 Å². The van der Waals surface area contributed by atoms with Gasteiger partial charge in [-0.2, -0.15) is 0 Å². The van der Waals surface area contributed by atoms with E-state index in [0.29, 0.717) is 0 Å². The van der Waals surface area contributed by atoms with Crippen LogP contribution in [0.15, 0.2) is 362 Å². The van der Waals surface area contributed by atoms with Crippen LogP contribution >= 0.6 is 0 Å². The van der Waals surface area contributed by atoms with Crippen molar-refractivity contribution in [2.75, 3.05) is 4.90 Å². The molecular formula is C117H94B9N3O. The molecule has 610 valence electrons. The molecule has 23 rings (SSSR count). The van der Waals surface area contributed by atoms with Gasteiger partial charge in [0.25, 0.3) is 0 Å². The molecule has 130 heavy (non-hydrogen) atoms. The maximum absolute atomic E-state index is 6.66. The minimum absolute atomic E-state index is 0.0413. The predicted octanol–water partition coefficient (Wildman–Crippen LogP) is 15.6. The quantitative estimate of drug-likeness (QED) is 0.114. The van der Waals surface area contributed by atoms with Crippen molar-refractivity contribution in [1.29, 1.82) is 0 Å². The molecule has 0 spiro atoms. The Labute approximate surface area is 769 Å². The van der Waals surface area contributed by atoms with Gasteiger partial charge < -0.3 is 18.5 Å². The Kier molecular flexibility index (Phi) is 19.0. The number of benzene rings is 18. The number of rotatable bonds is 12. The Morgan fingerprint density at radius 3 is 1.25 bits per heavy atom. The van der Waals surface area contributed by atoms with Crippen LogP contribution in [0.5, 0.6) is 0 Å². The number of fused-ring (bicyclic) bond motifs is 13. The molecule has 0 N–H and O–H groups in total. The molecule has 0 aliphatic carbocycles. The van der Waals surface area contributed by atoms with Crippen molar-refractivity contribution < 1.29 is 4.42 Å². The van der Waals surface area contributed by atoms with Crippen LogP contribution in [-0.2, 0) is 10.8 Å². The summed E-state index contributed by atoms with van der Waals surface area (Å²) < 4.78 is 11.8. The second kappa shape index (κ2) is 30.7. The molecule has 13 heteroatoms. The van der Waals surface area contributed by atoms with Gasteiger partial charge in [0.15, 0.2) is 0 Å². The fourth-order valence-electron chi connectivity index (χ4n) is 22.2. The van der Waals surface area contributed by atoms with E-state index in [-0.39, 0.29) is 17.5 Å². The van der Waals surface area contributed by atoms with E-state index in [4.69, 9.17) is 4.42 Å². The largest absolute Gasteiger partial charge is 0.456 e. The van der Waals surface area contributed by atoms with Gasteiger partial charge in [-0.25, -0.2) is 0 Å². The summed E-state index contributed by atoms with van der Waals surface area (Å²) in [5.74, 6) is -0.433. The fourth-order valence-corrected chi connectivity index (χ4v) is 22.2. The summed E-state index contributed by atoms with van der Waals surface area (Å²) in [6.45, 7) is 13.6.